The van der Waals surface area contributed by atoms with Gasteiger partial charge in [-0.1, -0.05) is 11.6 Å². The quantitative estimate of drug-likeness (QED) is 0.539. The number of hydrogen-bond acceptors (Lipinski definition) is 8. The highest BCUT2D eigenvalue weighted by atomic mass is 35.5. The summed E-state index contributed by atoms with van der Waals surface area (Å²) in [5.74, 6) is 0.581. The largest absolute Gasteiger partial charge is 0.382 e. The van der Waals surface area contributed by atoms with E-state index in [1.54, 1.807) is 6.07 Å². The zero-order valence-electron chi connectivity index (χ0n) is 18.1. The molecule has 0 radical (unpaired) electrons. The summed E-state index contributed by atoms with van der Waals surface area (Å²) in [6.07, 6.45) is 8.62. The number of carbonyl (C=O) groups is 1. The number of nitrogens with one attached hydrogen (secondary N) is 3. The van der Waals surface area contributed by atoms with Crippen molar-refractivity contribution in [3.05, 3.63) is 40.7 Å². The number of amides is 1. The fraction of sp³-hybridized carbons (Fsp3) is 0.455. The summed E-state index contributed by atoms with van der Waals surface area (Å²) < 4.78 is 23.5. The summed E-state index contributed by atoms with van der Waals surface area (Å²) in [4.78, 5) is 21.5. The summed E-state index contributed by atoms with van der Waals surface area (Å²) in [6, 6.07) is 5.49. The molecule has 2 aliphatic carbocycles. The van der Waals surface area contributed by atoms with E-state index >= 15 is 0 Å². The first-order chi connectivity index (χ1) is 15.7. The standard InChI is InChI=1S/C22H25ClN6O3S/c1-33(31,32)16-6-4-15(5-7-16)28-22(30)17-12-25-20(9-19(17)27-14-2-3-14)29-21-18(23)8-13(10-24)11-26-21/h8-9,11-12,14-16H,2-7H2,1H3,(H,28,30)(H2,25,26,27,29). The van der Waals surface area contributed by atoms with Crippen LogP contribution in [-0.2, 0) is 9.84 Å². The Bertz CT molecular complexity index is 1200. The van der Waals surface area contributed by atoms with Crippen molar-refractivity contribution < 1.29 is 13.2 Å². The molecule has 2 fully saturated rings. The maximum absolute atomic E-state index is 13.0. The molecule has 2 saturated carbocycles. The van der Waals surface area contributed by atoms with Crippen molar-refractivity contribution in [2.75, 3.05) is 16.9 Å². The Kier molecular flexibility index (Phi) is 6.72. The van der Waals surface area contributed by atoms with Gasteiger partial charge in [-0.15, -0.1) is 0 Å². The number of rotatable bonds is 7. The molecule has 0 aliphatic heterocycles. The van der Waals surface area contributed by atoms with Gasteiger partial charge in [0.2, 0.25) is 0 Å². The molecule has 0 spiro atoms. The van der Waals surface area contributed by atoms with Gasteiger partial charge in [-0.25, -0.2) is 18.4 Å². The molecule has 0 bridgehead atoms. The van der Waals surface area contributed by atoms with Crippen LogP contribution in [0.25, 0.3) is 0 Å². The molecular weight excluding hydrogens is 464 g/mol. The van der Waals surface area contributed by atoms with Crippen LogP contribution in [0.15, 0.2) is 24.5 Å². The van der Waals surface area contributed by atoms with Crippen molar-refractivity contribution in [3.8, 4) is 6.07 Å². The molecule has 4 rings (SSSR count). The van der Waals surface area contributed by atoms with E-state index in [9.17, 15) is 13.2 Å². The minimum absolute atomic E-state index is 0.0660. The van der Waals surface area contributed by atoms with E-state index in [1.165, 1.54) is 24.7 Å². The van der Waals surface area contributed by atoms with Crippen molar-refractivity contribution >= 4 is 44.7 Å². The van der Waals surface area contributed by atoms with Crippen LogP contribution in [0, 0.1) is 11.3 Å². The first kappa shape index (κ1) is 23.3. The molecule has 0 unspecified atom stereocenters. The molecule has 174 valence electrons. The smallest absolute Gasteiger partial charge is 0.255 e. The Morgan fingerprint density at radius 2 is 1.79 bits per heavy atom. The van der Waals surface area contributed by atoms with Crippen molar-refractivity contribution in [2.24, 2.45) is 0 Å². The molecule has 11 heteroatoms. The second-order valence-corrected chi connectivity index (χ2v) is 11.3. The van der Waals surface area contributed by atoms with Gasteiger partial charge >= 0.3 is 0 Å². The van der Waals surface area contributed by atoms with Crippen molar-refractivity contribution in [1.29, 1.82) is 5.26 Å². The number of nitriles is 1. The Balaban J connectivity index is 1.47. The van der Waals surface area contributed by atoms with Crippen LogP contribution in [0.1, 0.15) is 54.4 Å². The Labute approximate surface area is 197 Å². The highest BCUT2D eigenvalue weighted by Crippen LogP contribution is 2.30. The number of pyridine rings is 2. The summed E-state index contributed by atoms with van der Waals surface area (Å²) in [5.41, 5.74) is 1.44. The van der Waals surface area contributed by atoms with Gasteiger partial charge in [0.1, 0.15) is 27.5 Å². The zero-order valence-corrected chi connectivity index (χ0v) is 19.7. The minimum atomic E-state index is -3.05. The van der Waals surface area contributed by atoms with Gasteiger partial charge in [-0.05, 0) is 44.6 Å². The van der Waals surface area contributed by atoms with Crippen LogP contribution in [-0.4, -0.2) is 47.9 Å². The van der Waals surface area contributed by atoms with Gasteiger partial charge in [0.25, 0.3) is 5.91 Å². The lowest BCUT2D eigenvalue weighted by Crippen LogP contribution is -2.40. The third kappa shape index (κ3) is 5.92. The molecule has 0 atom stereocenters. The average molecular weight is 489 g/mol. The van der Waals surface area contributed by atoms with Crippen LogP contribution < -0.4 is 16.0 Å². The number of aromatic nitrogens is 2. The maximum atomic E-state index is 13.0. The van der Waals surface area contributed by atoms with Crippen LogP contribution in [0.2, 0.25) is 5.02 Å². The lowest BCUT2D eigenvalue weighted by atomic mass is 9.94. The summed E-state index contributed by atoms with van der Waals surface area (Å²) in [7, 11) is -3.05. The molecule has 0 saturated heterocycles. The number of carbonyl (C=O) groups excluding carboxylic acids is 1. The molecule has 0 aromatic carbocycles. The molecular formula is C22H25ClN6O3S. The third-order valence-corrected chi connectivity index (χ3v) is 7.89. The lowest BCUT2D eigenvalue weighted by molar-refractivity contribution is 0.0928. The third-order valence-electron chi connectivity index (χ3n) is 5.92. The van der Waals surface area contributed by atoms with Crippen molar-refractivity contribution in [3.63, 3.8) is 0 Å². The van der Waals surface area contributed by atoms with E-state index in [-0.39, 0.29) is 17.2 Å². The molecule has 33 heavy (non-hydrogen) atoms. The number of nitrogens with zero attached hydrogens (tertiary/aromatic N) is 3. The second kappa shape index (κ2) is 9.53. The van der Waals surface area contributed by atoms with E-state index < -0.39 is 9.84 Å². The highest BCUT2D eigenvalue weighted by molar-refractivity contribution is 7.91. The summed E-state index contributed by atoms with van der Waals surface area (Å²) in [5, 5.41) is 18.4. The average Bonchev–Trinajstić information content (AvgIpc) is 3.59. The predicted molar refractivity (Wildman–Crippen MR) is 126 cm³/mol. The molecule has 2 aromatic heterocycles. The molecule has 2 heterocycles. The normalized spacial score (nSPS) is 20.5. The second-order valence-electron chi connectivity index (χ2n) is 8.60. The Morgan fingerprint density at radius 3 is 2.39 bits per heavy atom. The van der Waals surface area contributed by atoms with E-state index in [2.05, 4.69) is 25.9 Å². The van der Waals surface area contributed by atoms with Crippen LogP contribution in [0.3, 0.4) is 0 Å². The molecule has 3 N–H and O–H groups in total. The van der Waals surface area contributed by atoms with E-state index in [0.717, 1.165) is 12.8 Å². The maximum Gasteiger partial charge on any atom is 0.255 e. The van der Waals surface area contributed by atoms with Crippen LogP contribution in [0.5, 0.6) is 0 Å². The first-order valence-electron chi connectivity index (χ1n) is 10.8. The molecule has 1 amide bonds. The van der Waals surface area contributed by atoms with Gasteiger partial charge in [0.05, 0.1) is 27.1 Å². The van der Waals surface area contributed by atoms with Crippen molar-refractivity contribution in [1.82, 2.24) is 15.3 Å². The predicted octanol–water partition coefficient (Wildman–Crippen LogP) is 3.41. The number of hydrogen-bond donors (Lipinski definition) is 3. The van der Waals surface area contributed by atoms with Gasteiger partial charge < -0.3 is 16.0 Å². The summed E-state index contributed by atoms with van der Waals surface area (Å²) >= 11 is 6.20. The topological polar surface area (TPSA) is 137 Å². The van der Waals surface area contributed by atoms with Gasteiger partial charge in [0, 0.05) is 36.8 Å². The van der Waals surface area contributed by atoms with Crippen LogP contribution >= 0.6 is 11.6 Å². The number of anilines is 3. The minimum Gasteiger partial charge on any atom is -0.382 e. The fourth-order valence-electron chi connectivity index (χ4n) is 3.88. The van der Waals surface area contributed by atoms with Crippen molar-refractivity contribution in [2.45, 2.75) is 55.9 Å². The fourth-order valence-corrected chi connectivity index (χ4v) is 5.22. The molecule has 9 nitrogen and oxygen atoms in total. The van der Waals surface area contributed by atoms with E-state index in [0.29, 0.717) is 65.2 Å². The molecule has 2 aliphatic rings. The van der Waals surface area contributed by atoms with E-state index in [1.807, 2.05) is 6.07 Å². The number of sulfone groups is 1. The van der Waals surface area contributed by atoms with Gasteiger partial charge in [-0.2, -0.15) is 5.26 Å². The summed E-state index contributed by atoms with van der Waals surface area (Å²) in [6.45, 7) is 0. The van der Waals surface area contributed by atoms with Crippen LogP contribution in [0.4, 0.5) is 17.3 Å². The highest BCUT2D eigenvalue weighted by Gasteiger charge is 2.30. The Hall–Kier alpha value is -2.90. The first-order valence-corrected chi connectivity index (χ1v) is 13.1. The monoisotopic (exact) mass is 488 g/mol. The molecule has 2 aromatic rings. The SMILES string of the molecule is CS(=O)(=O)C1CCC(NC(=O)c2cnc(Nc3ncc(C#N)cc3Cl)cc2NC2CC2)CC1. The van der Waals surface area contributed by atoms with Gasteiger partial charge in [0.15, 0.2) is 0 Å². The lowest BCUT2D eigenvalue weighted by Gasteiger charge is -2.28. The number of halogens is 1. The van der Waals surface area contributed by atoms with E-state index in [4.69, 9.17) is 16.9 Å². The zero-order chi connectivity index (χ0) is 23.6. The Morgan fingerprint density at radius 1 is 1.09 bits per heavy atom. The van der Waals surface area contributed by atoms with Gasteiger partial charge in [-0.3, -0.25) is 4.79 Å².